The summed E-state index contributed by atoms with van der Waals surface area (Å²) in [5, 5.41) is 14.0. The van der Waals surface area contributed by atoms with Gasteiger partial charge in [-0.25, -0.2) is 0 Å². The maximum atomic E-state index is 13.2. The first-order valence-electron chi connectivity index (χ1n) is 11.3. The van der Waals surface area contributed by atoms with Crippen LogP contribution in [0.25, 0.3) is 0 Å². The summed E-state index contributed by atoms with van der Waals surface area (Å²) in [7, 11) is 1.32. The van der Waals surface area contributed by atoms with Gasteiger partial charge in [0.05, 0.1) is 12.0 Å². The number of methoxy groups -OCH3 is 1. The van der Waals surface area contributed by atoms with Gasteiger partial charge in [0.1, 0.15) is 11.8 Å². The highest BCUT2D eigenvalue weighted by molar-refractivity contribution is 5.88. The number of hydrogen-bond donors (Lipinski definition) is 1. The average molecular weight is 472 g/mol. The van der Waals surface area contributed by atoms with Crippen LogP contribution in [-0.4, -0.2) is 54.5 Å². The van der Waals surface area contributed by atoms with Crippen LogP contribution in [-0.2, 0) is 16.0 Å². The molecule has 2 aromatic rings. The summed E-state index contributed by atoms with van der Waals surface area (Å²) >= 11 is 0. The minimum absolute atomic E-state index is 0.0374. The van der Waals surface area contributed by atoms with Gasteiger partial charge in [0.2, 0.25) is 11.7 Å². The quantitative estimate of drug-likeness (QED) is 0.353. The van der Waals surface area contributed by atoms with E-state index >= 15 is 0 Å². The molecule has 34 heavy (non-hydrogen) atoms. The van der Waals surface area contributed by atoms with Crippen LogP contribution in [0.2, 0.25) is 0 Å². The van der Waals surface area contributed by atoms with Gasteiger partial charge in [-0.2, -0.15) is 0 Å². The second-order valence-corrected chi connectivity index (χ2v) is 8.27. The number of hydrogen-bond acceptors (Lipinski definition) is 6. The third-order valence-electron chi connectivity index (χ3n) is 5.26. The first-order chi connectivity index (χ1) is 16.3. The zero-order chi connectivity index (χ0) is 25.1. The molecule has 2 amide bonds. The van der Waals surface area contributed by atoms with E-state index in [1.54, 1.807) is 4.90 Å². The Balaban J connectivity index is 2.16. The number of amides is 2. The van der Waals surface area contributed by atoms with Crippen molar-refractivity contribution in [3.8, 4) is 11.5 Å². The van der Waals surface area contributed by atoms with E-state index in [4.69, 9.17) is 9.47 Å². The van der Waals surface area contributed by atoms with Crippen molar-refractivity contribution in [3.63, 3.8) is 0 Å². The first kappa shape index (κ1) is 26.6. The van der Waals surface area contributed by atoms with E-state index < -0.39 is 11.0 Å². The molecular formula is C25H33N3O6. The Kier molecular flexibility index (Phi) is 10.3. The molecule has 0 saturated heterocycles. The normalized spacial score (nSPS) is 11.6. The van der Waals surface area contributed by atoms with Crippen molar-refractivity contribution in [1.29, 1.82) is 0 Å². The van der Waals surface area contributed by atoms with Crippen molar-refractivity contribution in [1.82, 2.24) is 10.2 Å². The number of nitro groups is 1. The fourth-order valence-corrected chi connectivity index (χ4v) is 3.44. The Bertz CT molecular complexity index is 964. The molecule has 1 unspecified atom stereocenters. The van der Waals surface area contributed by atoms with Gasteiger partial charge in [-0.05, 0) is 30.4 Å². The highest BCUT2D eigenvalue weighted by atomic mass is 16.6. The van der Waals surface area contributed by atoms with E-state index in [-0.39, 0.29) is 41.5 Å². The number of carbonyl (C=O) groups excluding carboxylic acids is 2. The first-order valence-corrected chi connectivity index (χ1v) is 11.3. The number of carbonyl (C=O) groups is 2. The average Bonchev–Trinajstić information content (AvgIpc) is 2.83. The molecule has 0 heterocycles. The molecule has 1 N–H and O–H groups in total. The minimum Gasteiger partial charge on any atom is -0.490 e. The smallest absolute Gasteiger partial charge is 0.311 e. The van der Waals surface area contributed by atoms with Crippen LogP contribution >= 0.6 is 0 Å². The van der Waals surface area contributed by atoms with Gasteiger partial charge in [0.15, 0.2) is 6.61 Å². The number of ether oxygens (including phenoxy) is 2. The maximum Gasteiger partial charge on any atom is 0.311 e. The number of nitrogens with one attached hydrogen (secondary N) is 1. The lowest BCUT2D eigenvalue weighted by molar-refractivity contribution is -0.385. The summed E-state index contributed by atoms with van der Waals surface area (Å²) < 4.78 is 10.7. The van der Waals surface area contributed by atoms with E-state index in [0.717, 1.165) is 5.56 Å². The molecule has 0 aliphatic carbocycles. The van der Waals surface area contributed by atoms with Gasteiger partial charge >= 0.3 is 5.69 Å². The summed E-state index contributed by atoms with van der Waals surface area (Å²) in [4.78, 5) is 38.1. The molecule has 0 radical (unpaired) electrons. The second kappa shape index (κ2) is 13.2. The second-order valence-electron chi connectivity index (χ2n) is 8.27. The van der Waals surface area contributed by atoms with Crippen LogP contribution in [0, 0.1) is 16.0 Å². The van der Waals surface area contributed by atoms with Gasteiger partial charge < -0.3 is 19.7 Å². The molecule has 0 saturated carbocycles. The molecule has 0 aromatic heterocycles. The number of nitro benzene ring substituents is 1. The molecule has 0 aliphatic heterocycles. The number of benzene rings is 2. The predicted octanol–water partition coefficient (Wildman–Crippen LogP) is 3.60. The Morgan fingerprint density at radius 3 is 2.44 bits per heavy atom. The molecule has 2 aromatic carbocycles. The van der Waals surface area contributed by atoms with Gasteiger partial charge in [-0.3, -0.25) is 19.7 Å². The molecular weight excluding hydrogens is 438 g/mol. The predicted molar refractivity (Wildman–Crippen MR) is 129 cm³/mol. The van der Waals surface area contributed by atoms with Crippen LogP contribution in [0.4, 0.5) is 5.69 Å². The fourth-order valence-electron chi connectivity index (χ4n) is 3.44. The van der Waals surface area contributed by atoms with Crippen LogP contribution in [0.5, 0.6) is 11.5 Å². The molecule has 0 bridgehead atoms. The molecule has 9 heteroatoms. The number of nitrogens with zero attached hydrogens (tertiary/aromatic N) is 2. The molecule has 0 aliphatic rings. The summed E-state index contributed by atoms with van der Waals surface area (Å²) in [6.45, 7) is 6.43. The third kappa shape index (κ3) is 7.75. The molecule has 0 spiro atoms. The van der Waals surface area contributed by atoms with Crippen LogP contribution in [0.15, 0.2) is 48.5 Å². The third-order valence-corrected chi connectivity index (χ3v) is 5.26. The van der Waals surface area contributed by atoms with Crippen molar-refractivity contribution in [2.45, 2.75) is 39.7 Å². The lowest BCUT2D eigenvalue weighted by Gasteiger charge is -2.30. The van der Waals surface area contributed by atoms with E-state index in [1.807, 2.05) is 51.1 Å². The fraction of sp³-hybridized carbons (Fsp3) is 0.440. The lowest BCUT2D eigenvalue weighted by Crippen LogP contribution is -2.51. The zero-order valence-electron chi connectivity index (χ0n) is 20.2. The molecule has 0 fully saturated rings. The molecule has 184 valence electrons. The molecule has 9 nitrogen and oxygen atoms in total. The van der Waals surface area contributed by atoms with Crippen LogP contribution in [0.1, 0.15) is 32.8 Å². The van der Waals surface area contributed by atoms with Crippen molar-refractivity contribution in [2.24, 2.45) is 5.92 Å². The summed E-state index contributed by atoms with van der Waals surface area (Å²) in [6.07, 6.45) is 1.04. The largest absolute Gasteiger partial charge is 0.490 e. The van der Waals surface area contributed by atoms with Gasteiger partial charge in [0, 0.05) is 25.2 Å². The Labute approximate surface area is 200 Å². The Morgan fingerprint density at radius 1 is 1.15 bits per heavy atom. The van der Waals surface area contributed by atoms with E-state index in [1.165, 1.54) is 25.3 Å². The van der Waals surface area contributed by atoms with Gasteiger partial charge in [0.25, 0.3) is 5.91 Å². The topological polar surface area (TPSA) is 111 Å². The monoisotopic (exact) mass is 471 g/mol. The Morgan fingerprint density at radius 2 is 1.85 bits per heavy atom. The maximum absolute atomic E-state index is 13.2. The minimum atomic E-state index is -0.634. The van der Waals surface area contributed by atoms with E-state index in [2.05, 4.69) is 5.32 Å². The zero-order valence-corrected chi connectivity index (χ0v) is 20.2. The van der Waals surface area contributed by atoms with Crippen LogP contribution in [0.3, 0.4) is 0 Å². The SMILES string of the molecule is CCC(C(=O)NCC(C)C)N(CCc1ccccc1)C(=O)COc1ccc([N+](=O)[O-])c(OC)c1. The standard InChI is InChI=1S/C25H33N3O6/c1-5-21(25(30)26-16-18(2)3)27(14-13-19-9-7-6-8-10-19)24(29)17-34-20-11-12-22(28(31)32)23(15-20)33-4/h6-12,15,18,21H,5,13-14,16-17H2,1-4H3,(H,26,30). The van der Waals surface area contributed by atoms with Gasteiger partial charge in [-0.15, -0.1) is 0 Å². The number of rotatable bonds is 13. The van der Waals surface area contributed by atoms with Crippen molar-refractivity contribution in [3.05, 3.63) is 64.2 Å². The van der Waals surface area contributed by atoms with Crippen molar-refractivity contribution in [2.75, 3.05) is 26.8 Å². The summed E-state index contributed by atoms with van der Waals surface area (Å²) in [6, 6.07) is 13.1. The van der Waals surface area contributed by atoms with Crippen molar-refractivity contribution >= 4 is 17.5 Å². The molecule has 2 rings (SSSR count). The van der Waals surface area contributed by atoms with E-state index in [9.17, 15) is 19.7 Å². The van der Waals surface area contributed by atoms with Crippen LogP contribution < -0.4 is 14.8 Å². The Hall–Kier alpha value is -3.62. The highest BCUT2D eigenvalue weighted by Gasteiger charge is 2.28. The summed E-state index contributed by atoms with van der Waals surface area (Å²) in [5.41, 5.74) is 0.859. The lowest BCUT2D eigenvalue weighted by atomic mass is 10.1. The summed E-state index contributed by atoms with van der Waals surface area (Å²) in [5.74, 6) is 0.0382. The van der Waals surface area contributed by atoms with Gasteiger partial charge in [-0.1, -0.05) is 51.1 Å². The van der Waals surface area contributed by atoms with Crippen molar-refractivity contribution < 1.29 is 24.0 Å². The molecule has 1 atom stereocenters. The van der Waals surface area contributed by atoms with E-state index in [0.29, 0.717) is 25.9 Å². The highest BCUT2D eigenvalue weighted by Crippen LogP contribution is 2.30.